The molecule has 6 heteroatoms. The lowest BCUT2D eigenvalue weighted by atomic mass is 9.79. The number of hydrogen-bond acceptors (Lipinski definition) is 5. The largest absolute Gasteiger partial charge is 0.487 e. The molecule has 194 valence electrons. The molecule has 2 aromatic carbocycles. The van der Waals surface area contributed by atoms with E-state index in [1.54, 1.807) is 19.4 Å². The van der Waals surface area contributed by atoms with E-state index in [2.05, 4.69) is 71.5 Å². The van der Waals surface area contributed by atoms with Crippen LogP contribution in [0, 0.1) is 19.8 Å². The molecule has 1 aliphatic carbocycles. The summed E-state index contributed by atoms with van der Waals surface area (Å²) in [6.07, 6.45) is 4.83. The number of aryl methyl sites for hydroxylation is 1. The summed E-state index contributed by atoms with van der Waals surface area (Å²) < 4.78 is 11.1. The molecule has 2 heterocycles. The van der Waals surface area contributed by atoms with Crippen LogP contribution in [0.5, 0.6) is 11.6 Å². The van der Waals surface area contributed by atoms with Crippen LogP contribution in [0.25, 0.3) is 0 Å². The van der Waals surface area contributed by atoms with Gasteiger partial charge in [-0.05, 0) is 79.5 Å². The second-order valence-electron chi connectivity index (χ2n) is 10.3. The summed E-state index contributed by atoms with van der Waals surface area (Å²) in [5.74, 6) is 1.67. The molecular formula is C31H37N3O3. The zero-order chi connectivity index (χ0) is 25.8. The zero-order valence-electron chi connectivity index (χ0n) is 22.1. The van der Waals surface area contributed by atoms with Crippen molar-refractivity contribution in [2.75, 3.05) is 20.2 Å². The van der Waals surface area contributed by atoms with Crippen LogP contribution in [0.4, 0.5) is 0 Å². The number of methoxy groups -OCH3 is 1. The van der Waals surface area contributed by atoms with Crippen LogP contribution >= 0.6 is 0 Å². The van der Waals surface area contributed by atoms with E-state index in [0.717, 1.165) is 37.9 Å². The van der Waals surface area contributed by atoms with Crippen molar-refractivity contribution in [2.45, 2.75) is 58.2 Å². The van der Waals surface area contributed by atoms with Crippen molar-refractivity contribution < 1.29 is 14.3 Å². The molecule has 3 aromatic rings. The quantitative estimate of drug-likeness (QED) is 0.440. The Morgan fingerprint density at radius 2 is 1.92 bits per heavy atom. The number of rotatable bonds is 9. The van der Waals surface area contributed by atoms with Crippen molar-refractivity contribution in [3.63, 3.8) is 0 Å². The van der Waals surface area contributed by atoms with E-state index in [-0.39, 0.29) is 17.7 Å². The number of nitrogens with one attached hydrogen (secondary N) is 1. The molecule has 6 nitrogen and oxygen atoms in total. The van der Waals surface area contributed by atoms with Gasteiger partial charge in [0.1, 0.15) is 12.4 Å². The van der Waals surface area contributed by atoms with Gasteiger partial charge in [0, 0.05) is 25.2 Å². The van der Waals surface area contributed by atoms with Crippen molar-refractivity contribution in [1.29, 1.82) is 0 Å². The number of amides is 1. The van der Waals surface area contributed by atoms with E-state index in [4.69, 9.17) is 9.47 Å². The number of piperidine rings is 1. The number of benzene rings is 2. The molecule has 5 rings (SSSR count). The second kappa shape index (κ2) is 11.3. The first-order valence-corrected chi connectivity index (χ1v) is 13.3. The Bertz CT molecular complexity index is 1220. The van der Waals surface area contributed by atoms with Crippen LogP contribution in [-0.2, 0) is 17.9 Å². The first-order valence-electron chi connectivity index (χ1n) is 13.3. The van der Waals surface area contributed by atoms with Gasteiger partial charge in [0.2, 0.25) is 11.8 Å². The highest BCUT2D eigenvalue weighted by molar-refractivity contribution is 5.81. The van der Waals surface area contributed by atoms with Gasteiger partial charge in [0.05, 0.1) is 19.2 Å². The van der Waals surface area contributed by atoms with Gasteiger partial charge in [-0.2, -0.15) is 0 Å². The van der Waals surface area contributed by atoms with Crippen LogP contribution in [-0.4, -0.2) is 42.0 Å². The predicted octanol–water partition coefficient (Wildman–Crippen LogP) is 5.17. The number of nitrogens with zero attached hydrogens (tertiary/aromatic N) is 2. The fraction of sp³-hybridized carbons (Fsp3) is 0.419. The monoisotopic (exact) mass is 499 g/mol. The Labute approximate surface area is 220 Å². The van der Waals surface area contributed by atoms with E-state index < -0.39 is 0 Å². The van der Waals surface area contributed by atoms with Gasteiger partial charge in [0.25, 0.3) is 0 Å². The molecule has 2 atom stereocenters. The molecule has 0 spiro atoms. The average Bonchev–Trinajstić information content (AvgIpc) is 3.78. The number of ether oxygens (including phenoxy) is 2. The molecule has 1 aliphatic heterocycles. The fourth-order valence-electron chi connectivity index (χ4n) is 5.32. The summed E-state index contributed by atoms with van der Waals surface area (Å²) in [6.45, 7) is 7.10. The Morgan fingerprint density at radius 3 is 2.68 bits per heavy atom. The smallest absolute Gasteiger partial charge is 0.228 e. The third kappa shape index (κ3) is 5.96. The summed E-state index contributed by atoms with van der Waals surface area (Å²) in [5.41, 5.74) is 6.14. The molecule has 1 N–H and O–H groups in total. The van der Waals surface area contributed by atoms with Crippen molar-refractivity contribution >= 4 is 5.91 Å². The maximum Gasteiger partial charge on any atom is 0.228 e. The molecule has 2 fully saturated rings. The Balaban J connectivity index is 1.31. The third-order valence-electron chi connectivity index (χ3n) is 7.83. The molecule has 1 saturated heterocycles. The summed E-state index contributed by atoms with van der Waals surface area (Å²) in [4.78, 5) is 20.4. The van der Waals surface area contributed by atoms with Crippen molar-refractivity contribution in [1.82, 2.24) is 15.2 Å². The summed E-state index contributed by atoms with van der Waals surface area (Å²) in [5, 5.41) is 3.50. The fourth-order valence-corrected chi connectivity index (χ4v) is 5.32. The first-order chi connectivity index (χ1) is 18.0. The van der Waals surface area contributed by atoms with Crippen LogP contribution < -0.4 is 14.8 Å². The highest BCUT2D eigenvalue weighted by Gasteiger charge is 2.40. The summed E-state index contributed by atoms with van der Waals surface area (Å²) in [7, 11) is 1.60. The number of aromatic nitrogens is 1. The van der Waals surface area contributed by atoms with Crippen LogP contribution in [0.15, 0.2) is 60.8 Å². The van der Waals surface area contributed by atoms with Crippen LogP contribution in [0.3, 0.4) is 0 Å². The maximum absolute atomic E-state index is 14.1. The first kappa shape index (κ1) is 25.3. The van der Waals surface area contributed by atoms with Gasteiger partial charge in [-0.3, -0.25) is 4.79 Å². The van der Waals surface area contributed by atoms with Gasteiger partial charge < -0.3 is 19.7 Å². The lowest BCUT2D eigenvalue weighted by Gasteiger charge is -2.36. The number of carbonyl (C=O) groups is 1. The van der Waals surface area contributed by atoms with Crippen molar-refractivity contribution in [2.24, 2.45) is 5.92 Å². The topological polar surface area (TPSA) is 63.7 Å². The minimum Gasteiger partial charge on any atom is -0.487 e. The zero-order valence-corrected chi connectivity index (χ0v) is 22.1. The van der Waals surface area contributed by atoms with Crippen molar-refractivity contribution in [3.8, 4) is 11.6 Å². The van der Waals surface area contributed by atoms with Gasteiger partial charge >= 0.3 is 0 Å². The lowest BCUT2D eigenvalue weighted by Crippen LogP contribution is -2.47. The molecule has 37 heavy (non-hydrogen) atoms. The summed E-state index contributed by atoms with van der Waals surface area (Å²) in [6, 6.07) is 19.0. The molecule has 0 radical (unpaired) electrons. The number of pyridine rings is 1. The molecule has 1 amide bonds. The van der Waals surface area contributed by atoms with Gasteiger partial charge in [-0.25, -0.2) is 4.98 Å². The van der Waals surface area contributed by atoms with Gasteiger partial charge in [0.15, 0.2) is 0 Å². The molecule has 0 unspecified atom stereocenters. The van der Waals surface area contributed by atoms with Gasteiger partial charge in [-0.1, -0.05) is 42.5 Å². The Morgan fingerprint density at radius 1 is 1.08 bits per heavy atom. The minimum absolute atomic E-state index is 0.0681. The Hall–Kier alpha value is -3.38. The van der Waals surface area contributed by atoms with Crippen LogP contribution in [0.2, 0.25) is 0 Å². The molecule has 2 aliphatic rings. The standard InChI is InChI=1S/C31H37N3O3/c1-21-6-4-9-25(22(21)2)19-34(26-10-11-26)31(35)29-18-32-15-14-28(29)24-8-5-7-23(16-24)20-37-27-12-13-30(36-3)33-17-27/h4-9,12-13,16-17,26,28-29,32H,10-11,14-15,18-20H2,1-3H3/t28-,29+/m1/s1. The molecule has 0 bridgehead atoms. The van der Waals surface area contributed by atoms with E-state index in [1.807, 2.05) is 6.07 Å². The van der Waals surface area contributed by atoms with E-state index in [0.29, 0.717) is 30.8 Å². The number of carbonyl (C=O) groups excluding carboxylic acids is 1. The lowest BCUT2D eigenvalue weighted by molar-refractivity contribution is -0.138. The normalized spacial score (nSPS) is 19.3. The predicted molar refractivity (Wildman–Crippen MR) is 145 cm³/mol. The summed E-state index contributed by atoms with van der Waals surface area (Å²) >= 11 is 0. The SMILES string of the molecule is COc1ccc(OCc2cccc([C@H]3CCNC[C@@H]3C(=O)N(Cc3cccc(C)c3C)C3CC3)c2)cn1. The number of hydrogen-bond donors (Lipinski definition) is 1. The Kier molecular flexibility index (Phi) is 7.75. The third-order valence-corrected chi connectivity index (χ3v) is 7.83. The second-order valence-corrected chi connectivity index (χ2v) is 10.3. The molecular weight excluding hydrogens is 462 g/mol. The van der Waals surface area contributed by atoms with Crippen LogP contribution in [0.1, 0.15) is 53.0 Å². The van der Waals surface area contributed by atoms with E-state index in [9.17, 15) is 4.79 Å². The average molecular weight is 500 g/mol. The van der Waals surface area contributed by atoms with Gasteiger partial charge in [-0.15, -0.1) is 0 Å². The van der Waals surface area contributed by atoms with Crippen molar-refractivity contribution in [3.05, 3.63) is 88.6 Å². The highest BCUT2D eigenvalue weighted by atomic mass is 16.5. The van der Waals surface area contributed by atoms with E-state index in [1.165, 1.54) is 22.3 Å². The minimum atomic E-state index is -0.0681. The maximum atomic E-state index is 14.1. The molecule has 1 saturated carbocycles. The molecule has 1 aromatic heterocycles. The van der Waals surface area contributed by atoms with E-state index >= 15 is 0 Å². The highest BCUT2D eigenvalue weighted by Crippen LogP contribution is 2.36.